The van der Waals surface area contributed by atoms with E-state index in [4.69, 9.17) is 10.6 Å². The zero-order valence-electron chi connectivity index (χ0n) is 13.6. The number of ether oxygens (including phenoxy) is 1. The van der Waals surface area contributed by atoms with E-state index in [2.05, 4.69) is 15.7 Å². The minimum atomic E-state index is -1.11. The average Bonchev–Trinajstić information content (AvgIpc) is 2.66. The fraction of sp³-hybridized carbons (Fsp3) is 0.294. The molecule has 2 rings (SSSR count). The summed E-state index contributed by atoms with van der Waals surface area (Å²) >= 11 is 0. The number of nitrogens with one attached hydrogen (secondary N) is 2. The predicted molar refractivity (Wildman–Crippen MR) is 92.3 cm³/mol. The first-order valence-electron chi connectivity index (χ1n) is 7.83. The van der Waals surface area contributed by atoms with Gasteiger partial charge in [0.1, 0.15) is 18.5 Å². The molecule has 0 aliphatic carbocycles. The molecule has 0 aliphatic heterocycles. The first kappa shape index (κ1) is 18.7. The van der Waals surface area contributed by atoms with Crippen molar-refractivity contribution in [2.24, 2.45) is 5.84 Å². The van der Waals surface area contributed by atoms with Crippen molar-refractivity contribution in [3.63, 3.8) is 0 Å². The Morgan fingerprint density at radius 2 is 1.96 bits per heavy atom. The van der Waals surface area contributed by atoms with Crippen LogP contribution >= 0.6 is 0 Å². The fourth-order valence-electron chi connectivity index (χ4n) is 2.14. The molecule has 2 aromatic rings. The highest BCUT2D eigenvalue weighted by Crippen LogP contribution is 2.18. The van der Waals surface area contributed by atoms with Gasteiger partial charge in [-0.25, -0.2) is 15.6 Å². The zero-order chi connectivity index (χ0) is 18.1. The van der Waals surface area contributed by atoms with E-state index in [0.717, 1.165) is 5.56 Å². The summed E-state index contributed by atoms with van der Waals surface area (Å²) in [6, 6.07) is 12.5. The Balaban J connectivity index is 1.69. The number of aliphatic hydroxyl groups is 2. The number of aromatic nitrogens is 1. The quantitative estimate of drug-likeness (QED) is 0.357. The van der Waals surface area contributed by atoms with Crippen LogP contribution in [0, 0.1) is 0 Å². The highest BCUT2D eigenvalue weighted by atomic mass is 16.5. The minimum absolute atomic E-state index is 0.165. The van der Waals surface area contributed by atoms with Crippen molar-refractivity contribution in [2.75, 3.05) is 12.0 Å². The van der Waals surface area contributed by atoms with Gasteiger partial charge in [-0.1, -0.05) is 36.4 Å². The Hall–Kier alpha value is -2.68. The molecule has 1 aromatic heterocycles. The van der Waals surface area contributed by atoms with Crippen LogP contribution in [0.3, 0.4) is 0 Å². The van der Waals surface area contributed by atoms with Crippen molar-refractivity contribution < 1.29 is 19.7 Å². The van der Waals surface area contributed by atoms with E-state index >= 15 is 0 Å². The number of nitrogens with zero attached hydrogens (tertiary/aromatic N) is 1. The second kappa shape index (κ2) is 9.58. The molecule has 0 saturated carbocycles. The molecule has 0 aliphatic rings. The van der Waals surface area contributed by atoms with Crippen LogP contribution in [0.1, 0.15) is 23.7 Å². The molecule has 0 saturated heterocycles. The van der Waals surface area contributed by atoms with Gasteiger partial charge in [0, 0.05) is 18.3 Å². The van der Waals surface area contributed by atoms with Crippen molar-refractivity contribution in [2.45, 2.75) is 25.2 Å². The number of carbonyl (C=O) groups is 1. The molecule has 8 nitrogen and oxygen atoms in total. The van der Waals surface area contributed by atoms with Crippen LogP contribution in [0.2, 0.25) is 0 Å². The van der Waals surface area contributed by atoms with E-state index < -0.39 is 18.3 Å². The number of anilines is 1. The predicted octanol–water partition coefficient (Wildman–Crippen LogP) is 1.08. The second-order valence-corrected chi connectivity index (χ2v) is 5.41. The van der Waals surface area contributed by atoms with Gasteiger partial charge in [0.25, 0.3) is 0 Å². The van der Waals surface area contributed by atoms with Gasteiger partial charge in [-0.3, -0.25) is 0 Å². The van der Waals surface area contributed by atoms with Crippen molar-refractivity contribution in [3.05, 3.63) is 59.8 Å². The summed E-state index contributed by atoms with van der Waals surface area (Å²) in [5, 5.41) is 22.6. The molecule has 0 fully saturated rings. The highest BCUT2D eigenvalue weighted by molar-refractivity contribution is 5.67. The van der Waals surface area contributed by atoms with Crippen LogP contribution in [0.25, 0.3) is 0 Å². The topological polar surface area (TPSA) is 130 Å². The third-order valence-corrected chi connectivity index (χ3v) is 3.56. The lowest BCUT2D eigenvalue weighted by Gasteiger charge is -2.18. The number of nitrogen functional groups attached to an aromatic ring is 1. The summed E-state index contributed by atoms with van der Waals surface area (Å²) in [6.45, 7) is 0.340. The smallest absolute Gasteiger partial charge is 0.407 e. The number of alkyl carbamates (subject to hydrolysis) is 1. The molecule has 0 spiro atoms. The van der Waals surface area contributed by atoms with Gasteiger partial charge in [0.15, 0.2) is 0 Å². The first-order chi connectivity index (χ1) is 12.1. The molecule has 0 bridgehead atoms. The van der Waals surface area contributed by atoms with Crippen LogP contribution < -0.4 is 16.6 Å². The number of carbonyl (C=O) groups excluding carboxylic acids is 1. The second-order valence-electron chi connectivity index (χ2n) is 5.41. The van der Waals surface area contributed by atoms with Crippen LogP contribution in [-0.2, 0) is 11.3 Å². The molecular formula is C17H22N4O4. The Kier molecular flexibility index (Phi) is 7.15. The molecular weight excluding hydrogens is 324 g/mol. The molecule has 2 unspecified atom stereocenters. The van der Waals surface area contributed by atoms with Crippen molar-refractivity contribution in [1.29, 1.82) is 0 Å². The van der Waals surface area contributed by atoms with E-state index in [-0.39, 0.29) is 19.6 Å². The average molecular weight is 346 g/mol. The molecule has 2 atom stereocenters. The van der Waals surface area contributed by atoms with Gasteiger partial charge in [0.05, 0.1) is 6.10 Å². The summed E-state index contributed by atoms with van der Waals surface area (Å²) in [5.41, 5.74) is 3.72. The third kappa shape index (κ3) is 6.03. The van der Waals surface area contributed by atoms with Gasteiger partial charge in [0.2, 0.25) is 0 Å². The monoisotopic (exact) mass is 346 g/mol. The number of hydrogen-bond donors (Lipinski definition) is 5. The number of hydrazine groups is 1. The Bertz CT molecular complexity index is 651. The van der Waals surface area contributed by atoms with Crippen molar-refractivity contribution in [3.8, 4) is 0 Å². The summed E-state index contributed by atoms with van der Waals surface area (Å²) in [4.78, 5) is 15.6. The van der Waals surface area contributed by atoms with Crippen LogP contribution in [-0.4, -0.2) is 33.9 Å². The van der Waals surface area contributed by atoms with Gasteiger partial charge < -0.3 is 25.7 Å². The van der Waals surface area contributed by atoms with E-state index in [1.54, 1.807) is 12.1 Å². The lowest BCUT2D eigenvalue weighted by atomic mass is 10.0. The largest absolute Gasteiger partial charge is 0.445 e. The van der Waals surface area contributed by atoms with E-state index in [1.807, 2.05) is 30.3 Å². The SMILES string of the molecule is NNc1ccc(C(O)C(O)CCNC(=O)OCc2ccccc2)cn1. The van der Waals surface area contributed by atoms with E-state index in [1.165, 1.54) is 6.20 Å². The van der Waals surface area contributed by atoms with Crippen molar-refractivity contribution in [1.82, 2.24) is 10.3 Å². The minimum Gasteiger partial charge on any atom is -0.445 e. The fourth-order valence-corrected chi connectivity index (χ4v) is 2.14. The third-order valence-electron chi connectivity index (χ3n) is 3.56. The van der Waals surface area contributed by atoms with Crippen LogP contribution in [0.15, 0.2) is 48.7 Å². The van der Waals surface area contributed by atoms with Gasteiger partial charge in [-0.2, -0.15) is 0 Å². The van der Waals surface area contributed by atoms with E-state index in [0.29, 0.717) is 11.4 Å². The molecule has 1 amide bonds. The highest BCUT2D eigenvalue weighted by Gasteiger charge is 2.18. The van der Waals surface area contributed by atoms with Gasteiger partial charge in [-0.15, -0.1) is 0 Å². The Morgan fingerprint density at radius 3 is 2.60 bits per heavy atom. The maximum atomic E-state index is 11.6. The number of amides is 1. The molecule has 0 radical (unpaired) electrons. The molecule has 134 valence electrons. The number of rotatable bonds is 8. The summed E-state index contributed by atoms with van der Waals surface area (Å²) in [7, 11) is 0. The number of hydrogen-bond acceptors (Lipinski definition) is 7. The van der Waals surface area contributed by atoms with Gasteiger partial charge >= 0.3 is 6.09 Å². The lowest BCUT2D eigenvalue weighted by molar-refractivity contribution is 0.0134. The summed E-state index contributed by atoms with van der Waals surface area (Å²) in [5.74, 6) is 5.67. The standard InChI is InChI=1S/C17H22N4O4/c18-21-15-7-6-13(10-20-15)16(23)14(22)8-9-19-17(24)25-11-12-4-2-1-3-5-12/h1-7,10,14,16,22-23H,8-9,11,18H2,(H,19,24)(H,20,21). The van der Waals surface area contributed by atoms with E-state index in [9.17, 15) is 15.0 Å². The Morgan fingerprint density at radius 1 is 1.20 bits per heavy atom. The summed E-state index contributed by atoms with van der Waals surface area (Å²) < 4.78 is 5.06. The van der Waals surface area contributed by atoms with Crippen LogP contribution in [0.5, 0.6) is 0 Å². The molecule has 1 heterocycles. The Labute approximate surface area is 145 Å². The lowest BCUT2D eigenvalue weighted by Crippen LogP contribution is -2.29. The molecule has 6 N–H and O–H groups in total. The number of benzene rings is 1. The summed E-state index contributed by atoms with van der Waals surface area (Å²) in [6.07, 6.45) is -1.15. The van der Waals surface area contributed by atoms with Crippen LogP contribution in [0.4, 0.5) is 10.6 Å². The van der Waals surface area contributed by atoms with Gasteiger partial charge in [-0.05, 0) is 18.1 Å². The molecule has 25 heavy (non-hydrogen) atoms. The maximum absolute atomic E-state index is 11.6. The van der Waals surface area contributed by atoms with Crippen molar-refractivity contribution >= 4 is 11.9 Å². The number of nitrogens with two attached hydrogens (primary N) is 1. The molecule has 8 heteroatoms. The molecule has 1 aromatic carbocycles. The first-order valence-corrected chi connectivity index (χ1v) is 7.83. The maximum Gasteiger partial charge on any atom is 0.407 e. The normalized spacial score (nSPS) is 12.9. The zero-order valence-corrected chi connectivity index (χ0v) is 13.6. The number of pyridine rings is 1. The number of aliphatic hydroxyl groups excluding tert-OH is 2.